The van der Waals surface area contributed by atoms with E-state index in [1.54, 1.807) is 0 Å². The van der Waals surface area contributed by atoms with E-state index >= 15 is 0 Å². The monoisotopic (exact) mass is 279 g/mol. The van der Waals surface area contributed by atoms with E-state index in [0.29, 0.717) is 5.56 Å². The van der Waals surface area contributed by atoms with Crippen LogP contribution < -0.4 is 0 Å². The predicted molar refractivity (Wildman–Crippen MR) is 64.4 cm³/mol. The fourth-order valence-electron chi connectivity index (χ4n) is 1.62. The van der Waals surface area contributed by atoms with Gasteiger partial charge in [0.25, 0.3) is 0 Å². The molecule has 0 unspecified atom stereocenters. The van der Waals surface area contributed by atoms with E-state index in [0.717, 1.165) is 0 Å². The van der Waals surface area contributed by atoms with E-state index in [4.69, 9.17) is 14.6 Å². The molecule has 0 aliphatic heterocycles. The molecule has 0 amide bonds. The molecule has 0 atom stereocenters. The molecule has 0 saturated carbocycles. The smallest absolute Gasteiger partial charge is 0.318 e. The average molecular weight is 279 g/mol. The first-order valence-corrected chi connectivity index (χ1v) is 5.63. The van der Waals surface area contributed by atoms with Crippen molar-refractivity contribution in [2.75, 3.05) is 0 Å². The molecule has 104 valence electrons. The third-order valence-electron chi connectivity index (χ3n) is 2.65. The number of carboxylic acid groups (broad SMARTS) is 2. The number of rotatable bonds is 5. The van der Waals surface area contributed by atoms with E-state index in [-0.39, 0.29) is 18.0 Å². The Balaban J connectivity index is 2.18. The molecule has 0 aliphatic rings. The van der Waals surface area contributed by atoms with E-state index in [1.165, 1.54) is 30.5 Å². The number of carboxylic acids is 2. The first kappa shape index (κ1) is 13.7. The Labute approximate surface area is 112 Å². The van der Waals surface area contributed by atoms with Crippen LogP contribution in [0.5, 0.6) is 0 Å². The average Bonchev–Trinajstić information content (AvgIpc) is 2.84. The van der Waals surface area contributed by atoms with Gasteiger partial charge in [-0.2, -0.15) is 0 Å². The number of nitrogens with zero attached hydrogens (tertiary/aromatic N) is 1. The van der Waals surface area contributed by atoms with Gasteiger partial charge < -0.3 is 14.6 Å². The topological polar surface area (TPSA) is 101 Å². The fourth-order valence-corrected chi connectivity index (χ4v) is 1.62. The normalized spacial score (nSPS) is 10.7. The van der Waals surface area contributed by atoms with Gasteiger partial charge in [0.2, 0.25) is 5.89 Å². The van der Waals surface area contributed by atoms with Crippen molar-refractivity contribution in [1.82, 2.24) is 4.98 Å². The molecular weight excluding hydrogens is 269 g/mol. The third-order valence-corrected chi connectivity index (χ3v) is 2.65. The zero-order chi connectivity index (χ0) is 14.7. The molecule has 20 heavy (non-hydrogen) atoms. The van der Waals surface area contributed by atoms with Crippen molar-refractivity contribution in [3.63, 3.8) is 0 Å². The Hall–Kier alpha value is -2.70. The van der Waals surface area contributed by atoms with Gasteiger partial charge in [0.15, 0.2) is 5.92 Å². The van der Waals surface area contributed by atoms with E-state index in [9.17, 15) is 14.0 Å². The van der Waals surface area contributed by atoms with Gasteiger partial charge in [-0.1, -0.05) is 0 Å². The number of aromatic nitrogens is 1. The van der Waals surface area contributed by atoms with E-state index < -0.39 is 23.7 Å². The lowest BCUT2D eigenvalue weighted by molar-refractivity contribution is -0.154. The van der Waals surface area contributed by atoms with Crippen LogP contribution in [0.4, 0.5) is 4.39 Å². The minimum absolute atomic E-state index is 0.175. The van der Waals surface area contributed by atoms with Crippen molar-refractivity contribution in [1.29, 1.82) is 0 Å². The SMILES string of the molecule is O=C(O)C(Cc1coc(-c2ccc(F)cc2)n1)C(=O)O. The van der Waals surface area contributed by atoms with Crippen LogP contribution in [0.15, 0.2) is 34.9 Å². The summed E-state index contributed by atoms with van der Waals surface area (Å²) in [5.41, 5.74) is 0.721. The van der Waals surface area contributed by atoms with Gasteiger partial charge in [0, 0.05) is 12.0 Å². The molecule has 0 aliphatic carbocycles. The van der Waals surface area contributed by atoms with Gasteiger partial charge in [-0.05, 0) is 24.3 Å². The van der Waals surface area contributed by atoms with Crippen molar-refractivity contribution in [2.24, 2.45) is 5.92 Å². The molecule has 2 rings (SSSR count). The Morgan fingerprint density at radius 3 is 2.35 bits per heavy atom. The van der Waals surface area contributed by atoms with Crippen LogP contribution in [0.3, 0.4) is 0 Å². The number of hydrogen-bond acceptors (Lipinski definition) is 4. The lowest BCUT2D eigenvalue weighted by atomic mass is 10.0. The van der Waals surface area contributed by atoms with Gasteiger partial charge in [-0.25, -0.2) is 9.37 Å². The van der Waals surface area contributed by atoms with Crippen LogP contribution in [0.2, 0.25) is 0 Å². The predicted octanol–water partition coefficient (Wildman–Crippen LogP) is 1.81. The zero-order valence-electron chi connectivity index (χ0n) is 10.1. The molecule has 7 heteroatoms. The first-order chi connectivity index (χ1) is 9.47. The summed E-state index contributed by atoms with van der Waals surface area (Å²) >= 11 is 0. The number of halogens is 1. The highest BCUT2D eigenvalue weighted by Crippen LogP contribution is 2.20. The maximum absolute atomic E-state index is 12.8. The summed E-state index contributed by atoms with van der Waals surface area (Å²) < 4.78 is 17.9. The molecular formula is C13H10FNO5. The molecule has 1 heterocycles. The van der Waals surface area contributed by atoms with Crippen molar-refractivity contribution >= 4 is 11.9 Å². The lowest BCUT2D eigenvalue weighted by Crippen LogP contribution is -2.25. The third kappa shape index (κ3) is 3.00. The summed E-state index contributed by atoms with van der Waals surface area (Å²) in [5.74, 6) is -4.69. The number of carbonyl (C=O) groups is 2. The van der Waals surface area contributed by atoms with Crippen molar-refractivity contribution in [2.45, 2.75) is 6.42 Å². The van der Waals surface area contributed by atoms with Gasteiger partial charge in [0.05, 0.1) is 5.69 Å². The molecule has 2 aromatic rings. The van der Waals surface area contributed by atoms with E-state index in [1.807, 2.05) is 0 Å². The highest BCUT2D eigenvalue weighted by Gasteiger charge is 2.27. The Morgan fingerprint density at radius 1 is 1.20 bits per heavy atom. The maximum atomic E-state index is 12.8. The molecule has 1 aromatic heterocycles. The van der Waals surface area contributed by atoms with Crippen LogP contribution in [0.1, 0.15) is 5.69 Å². The largest absolute Gasteiger partial charge is 0.481 e. The number of oxazole rings is 1. The van der Waals surface area contributed by atoms with Gasteiger partial charge in [-0.15, -0.1) is 0 Å². The summed E-state index contributed by atoms with van der Waals surface area (Å²) in [7, 11) is 0. The van der Waals surface area contributed by atoms with Crippen molar-refractivity contribution in [3.8, 4) is 11.5 Å². The van der Waals surface area contributed by atoms with E-state index in [2.05, 4.69) is 4.98 Å². The fraction of sp³-hybridized carbons (Fsp3) is 0.154. The van der Waals surface area contributed by atoms with Crippen LogP contribution >= 0.6 is 0 Å². The Bertz CT molecular complexity index is 620. The number of aliphatic carboxylic acids is 2. The molecule has 0 radical (unpaired) electrons. The summed E-state index contributed by atoms with van der Waals surface area (Å²) in [6, 6.07) is 5.38. The summed E-state index contributed by atoms with van der Waals surface area (Å²) in [5, 5.41) is 17.6. The van der Waals surface area contributed by atoms with Gasteiger partial charge in [0.1, 0.15) is 12.1 Å². The quantitative estimate of drug-likeness (QED) is 0.809. The van der Waals surface area contributed by atoms with Crippen LogP contribution in [-0.2, 0) is 16.0 Å². The van der Waals surface area contributed by atoms with Gasteiger partial charge >= 0.3 is 11.9 Å². The minimum Gasteiger partial charge on any atom is -0.481 e. The summed E-state index contributed by atoms with van der Waals surface area (Å²) in [6.07, 6.45) is 0.910. The molecule has 0 saturated heterocycles. The second-order valence-corrected chi connectivity index (χ2v) is 4.08. The maximum Gasteiger partial charge on any atom is 0.318 e. The molecule has 6 nitrogen and oxygen atoms in total. The van der Waals surface area contributed by atoms with Crippen molar-refractivity contribution < 1.29 is 28.6 Å². The standard InChI is InChI=1S/C13H10FNO5/c14-8-3-1-7(2-4-8)11-15-9(6-20-11)5-10(12(16)17)13(18)19/h1-4,6,10H,5H2,(H,16,17)(H,18,19). The zero-order valence-corrected chi connectivity index (χ0v) is 10.1. The van der Waals surface area contributed by atoms with Crippen LogP contribution in [-0.4, -0.2) is 27.1 Å². The number of benzene rings is 1. The molecule has 0 bridgehead atoms. The van der Waals surface area contributed by atoms with Crippen LogP contribution in [0, 0.1) is 11.7 Å². The second kappa shape index (κ2) is 5.52. The Kier molecular flexibility index (Phi) is 3.79. The first-order valence-electron chi connectivity index (χ1n) is 5.63. The summed E-state index contributed by atoms with van der Waals surface area (Å²) in [4.78, 5) is 25.6. The van der Waals surface area contributed by atoms with Gasteiger partial charge in [-0.3, -0.25) is 9.59 Å². The highest BCUT2D eigenvalue weighted by atomic mass is 19.1. The van der Waals surface area contributed by atoms with Crippen molar-refractivity contribution in [3.05, 3.63) is 42.0 Å². The molecule has 2 N–H and O–H groups in total. The summed E-state index contributed by atoms with van der Waals surface area (Å²) in [6.45, 7) is 0. The molecule has 0 fully saturated rings. The van der Waals surface area contributed by atoms with Crippen LogP contribution in [0.25, 0.3) is 11.5 Å². The molecule has 1 aromatic carbocycles. The molecule has 0 spiro atoms. The highest BCUT2D eigenvalue weighted by molar-refractivity contribution is 5.93. The Morgan fingerprint density at radius 2 is 1.80 bits per heavy atom. The minimum atomic E-state index is -1.58. The lowest BCUT2D eigenvalue weighted by Gasteiger charge is -2.03. The number of hydrogen-bond donors (Lipinski definition) is 2. The second-order valence-electron chi connectivity index (χ2n) is 4.08.